The van der Waals surface area contributed by atoms with E-state index in [0.717, 1.165) is 6.54 Å². The Kier molecular flexibility index (Phi) is 6.68. The minimum absolute atomic E-state index is 0.0112. The van der Waals surface area contributed by atoms with Crippen LogP contribution in [0, 0.1) is 5.41 Å². The summed E-state index contributed by atoms with van der Waals surface area (Å²) in [6.07, 6.45) is 0. The molecule has 0 heterocycles. The summed E-state index contributed by atoms with van der Waals surface area (Å²) in [6.45, 7) is 5.72. The lowest BCUT2D eigenvalue weighted by Crippen LogP contribution is -2.40. The van der Waals surface area contributed by atoms with Crippen molar-refractivity contribution >= 4 is 21.8 Å². The predicted molar refractivity (Wildman–Crippen MR) is 91.9 cm³/mol. The molecule has 0 atom stereocenters. The van der Waals surface area contributed by atoms with Crippen LogP contribution in [-0.2, 0) is 0 Å². The number of amides is 1. The Morgan fingerprint density at radius 2 is 1.73 bits per heavy atom. The first kappa shape index (κ1) is 18.8. The number of benzene rings is 1. The van der Waals surface area contributed by atoms with Gasteiger partial charge in [0.05, 0.1) is 14.2 Å². The van der Waals surface area contributed by atoms with E-state index in [1.165, 1.54) is 0 Å². The molecule has 0 aliphatic rings. The maximum atomic E-state index is 12.4. The molecule has 0 aliphatic carbocycles. The summed E-state index contributed by atoms with van der Waals surface area (Å²) in [4.78, 5) is 14.5. The summed E-state index contributed by atoms with van der Waals surface area (Å²) in [5.74, 6) is 0.991. The number of hydrogen-bond donors (Lipinski definition) is 1. The lowest BCUT2D eigenvalue weighted by Gasteiger charge is -2.28. The molecule has 0 saturated carbocycles. The van der Waals surface area contributed by atoms with Gasteiger partial charge < -0.3 is 19.7 Å². The van der Waals surface area contributed by atoms with Crippen molar-refractivity contribution in [2.75, 3.05) is 41.4 Å². The first-order valence-corrected chi connectivity index (χ1v) is 7.84. The summed E-state index contributed by atoms with van der Waals surface area (Å²) in [6, 6.07) is 3.39. The Morgan fingerprint density at radius 3 is 2.14 bits per heavy atom. The van der Waals surface area contributed by atoms with Gasteiger partial charge in [0.1, 0.15) is 16.0 Å². The summed E-state index contributed by atoms with van der Waals surface area (Å²) in [7, 11) is 7.16. The molecule has 0 radical (unpaired) electrons. The molecule has 124 valence electrons. The van der Waals surface area contributed by atoms with Gasteiger partial charge >= 0.3 is 0 Å². The average Bonchev–Trinajstić information content (AvgIpc) is 2.43. The summed E-state index contributed by atoms with van der Waals surface area (Å²) >= 11 is 3.40. The smallest absolute Gasteiger partial charge is 0.251 e. The third-order valence-corrected chi connectivity index (χ3v) is 3.96. The number of nitrogens with zero attached hydrogens (tertiary/aromatic N) is 1. The fourth-order valence-electron chi connectivity index (χ4n) is 2.33. The fraction of sp³-hybridized carbons (Fsp3) is 0.562. The second-order valence-electron chi connectivity index (χ2n) is 6.28. The van der Waals surface area contributed by atoms with E-state index in [1.807, 2.05) is 14.1 Å². The van der Waals surface area contributed by atoms with E-state index >= 15 is 0 Å². The Hall–Kier alpha value is -1.27. The molecule has 1 rings (SSSR count). The fourth-order valence-corrected chi connectivity index (χ4v) is 2.89. The van der Waals surface area contributed by atoms with Gasteiger partial charge in [-0.05, 0) is 47.6 Å². The van der Waals surface area contributed by atoms with Gasteiger partial charge in [-0.2, -0.15) is 0 Å². The molecule has 0 bridgehead atoms. The highest BCUT2D eigenvalue weighted by Gasteiger charge is 2.21. The molecule has 5 nitrogen and oxygen atoms in total. The number of methoxy groups -OCH3 is 2. The van der Waals surface area contributed by atoms with Gasteiger partial charge in [-0.25, -0.2) is 0 Å². The molecule has 1 N–H and O–H groups in total. The third kappa shape index (κ3) is 5.18. The second-order valence-corrected chi connectivity index (χ2v) is 7.07. The minimum Gasteiger partial charge on any atom is -0.495 e. The topological polar surface area (TPSA) is 50.8 Å². The monoisotopic (exact) mass is 372 g/mol. The van der Waals surface area contributed by atoms with Crippen LogP contribution in [0.15, 0.2) is 16.6 Å². The van der Waals surface area contributed by atoms with Gasteiger partial charge in [0.15, 0.2) is 0 Å². The molecule has 0 unspecified atom stereocenters. The Balaban J connectivity index is 2.86. The SMILES string of the molecule is COc1cc(C(=O)NCC(C)(C)CN(C)C)cc(OC)c1Br. The molecule has 6 heteroatoms. The van der Waals surface area contributed by atoms with Gasteiger partial charge in [-0.1, -0.05) is 13.8 Å². The first-order valence-electron chi connectivity index (χ1n) is 7.04. The average molecular weight is 373 g/mol. The molecule has 0 saturated heterocycles. The first-order chi connectivity index (χ1) is 10.2. The highest BCUT2D eigenvalue weighted by atomic mass is 79.9. The van der Waals surface area contributed by atoms with Gasteiger partial charge in [-0.15, -0.1) is 0 Å². The standard InChI is InChI=1S/C16H25BrN2O3/c1-16(2,10-19(3)4)9-18-15(20)11-7-12(21-5)14(17)13(8-11)22-6/h7-8H,9-10H2,1-6H3,(H,18,20). The van der Waals surface area contributed by atoms with Gasteiger partial charge in [-0.3, -0.25) is 4.79 Å². The van der Waals surface area contributed by atoms with Crippen LogP contribution in [0.25, 0.3) is 0 Å². The molecule has 0 fully saturated rings. The van der Waals surface area contributed by atoms with Crippen molar-refractivity contribution in [2.45, 2.75) is 13.8 Å². The van der Waals surface area contributed by atoms with Crippen LogP contribution in [-0.4, -0.2) is 52.2 Å². The van der Waals surface area contributed by atoms with E-state index in [9.17, 15) is 4.79 Å². The summed E-state index contributed by atoms with van der Waals surface area (Å²) in [5.41, 5.74) is 0.500. The third-order valence-electron chi connectivity index (χ3n) is 3.18. The molecular weight excluding hydrogens is 348 g/mol. The number of halogens is 1. The predicted octanol–water partition coefficient (Wildman–Crippen LogP) is 2.78. The van der Waals surface area contributed by atoms with Crippen molar-refractivity contribution in [1.82, 2.24) is 10.2 Å². The second kappa shape index (κ2) is 7.83. The maximum absolute atomic E-state index is 12.4. The van der Waals surface area contributed by atoms with Crippen LogP contribution in [0.3, 0.4) is 0 Å². The van der Waals surface area contributed by atoms with Crippen LogP contribution in [0.5, 0.6) is 11.5 Å². The summed E-state index contributed by atoms with van der Waals surface area (Å²) < 4.78 is 11.2. The molecule has 1 aromatic carbocycles. The molecule has 0 aliphatic heterocycles. The normalized spacial score (nSPS) is 11.5. The van der Waals surface area contributed by atoms with Crippen molar-refractivity contribution in [2.24, 2.45) is 5.41 Å². The van der Waals surface area contributed by atoms with Crippen LogP contribution in [0.1, 0.15) is 24.2 Å². The largest absolute Gasteiger partial charge is 0.495 e. The van der Waals surface area contributed by atoms with Crippen molar-refractivity contribution in [3.63, 3.8) is 0 Å². The number of nitrogens with one attached hydrogen (secondary N) is 1. The molecule has 22 heavy (non-hydrogen) atoms. The van der Waals surface area contributed by atoms with E-state index < -0.39 is 0 Å². The maximum Gasteiger partial charge on any atom is 0.251 e. The zero-order chi connectivity index (χ0) is 16.9. The Morgan fingerprint density at radius 1 is 1.23 bits per heavy atom. The zero-order valence-corrected chi connectivity index (χ0v) is 15.7. The van der Waals surface area contributed by atoms with Crippen molar-refractivity contribution in [1.29, 1.82) is 0 Å². The van der Waals surface area contributed by atoms with Crippen LogP contribution in [0.4, 0.5) is 0 Å². The Bertz CT molecular complexity index is 505. The van der Waals surface area contributed by atoms with Crippen molar-refractivity contribution in [3.8, 4) is 11.5 Å². The highest BCUT2D eigenvalue weighted by Crippen LogP contribution is 2.35. The molecule has 0 spiro atoms. The molecule has 1 amide bonds. The highest BCUT2D eigenvalue weighted by molar-refractivity contribution is 9.10. The quantitative estimate of drug-likeness (QED) is 0.799. The van der Waals surface area contributed by atoms with Gasteiger partial charge in [0.25, 0.3) is 5.91 Å². The van der Waals surface area contributed by atoms with E-state index in [2.05, 4.69) is 40.0 Å². The molecule has 1 aromatic rings. The lowest BCUT2D eigenvalue weighted by molar-refractivity contribution is 0.0928. The Labute approximate surface area is 141 Å². The number of hydrogen-bond acceptors (Lipinski definition) is 4. The lowest BCUT2D eigenvalue weighted by atomic mass is 9.93. The number of ether oxygens (including phenoxy) is 2. The van der Waals surface area contributed by atoms with Crippen LogP contribution < -0.4 is 14.8 Å². The van der Waals surface area contributed by atoms with E-state index in [4.69, 9.17) is 9.47 Å². The zero-order valence-electron chi connectivity index (χ0n) is 14.1. The number of rotatable bonds is 7. The number of carbonyl (C=O) groups excluding carboxylic acids is 1. The van der Waals surface area contributed by atoms with Crippen LogP contribution >= 0.6 is 15.9 Å². The molecular formula is C16H25BrN2O3. The van der Waals surface area contributed by atoms with Gasteiger partial charge in [0.2, 0.25) is 0 Å². The summed E-state index contributed by atoms with van der Waals surface area (Å²) in [5, 5.41) is 2.97. The minimum atomic E-state index is -0.143. The number of carbonyl (C=O) groups is 1. The van der Waals surface area contributed by atoms with E-state index in [0.29, 0.717) is 28.1 Å². The molecule has 0 aromatic heterocycles. The van der Waals surface area contributed by atoms with Crippen LogP contribution in [0.2, 0.25) is 0 Å². The van der Waals surface area contributed by atoms with Crippen molar-refractivity contribution in [3.05, 3.63) is 22.2 Å². The van der Waals surface area contributed by atoms with E-state index in [-0.39, 0.29) is 11.3 Å². The van der Waals surface area contributed by atoms with Gasteiger partial charge in [0, 0.05) is 18.7 Å². The van der Waals surface area contributed by atoms with E-state index in [1.54, 1.807) is 26.4 Å². The van der Waals surface area contributed by atoms with Crippen molar-refractivity contribution < 1.29 is 14.3 Å².